The number of hydrogen-bond donors (Lipinski definition) is 0. The molecule has 3 bridgehead atoms. The van der Waals surface area contributed by atoms with Crippen LogP contribution in [0, 0.1) is 23.2 Å². The highest BCUT2D eigenvalue weighted by Gasteiger charge is 2.44. The molecule has 0 aromatic heterocycles. The molecule has 0 radical (unpaired) electrons. The minimum absolute atomic E-state index is 0.578. The molecule has 0 heterocycles. The van der Waals surface area contributed by atoms with Gasteiger partial charge in [-0.2, -0.15) is 0 Å². The van der Waals surface area contributed by atoms with Gasteiger partial charge in [0.1, 0.15) is 0 Å². The maximum atomic E-state index is 4.92. The number of hydrogen-bond acceptors (Lipinski definition) is 1. The first-order valence-corrected chi connectivity index (χ1v) is 10.4. The minimum Gasteiger partial charge on any atom is -0.294 e. The fourth-order valence-electron chi connectivity index (χ4n) is 5.62. The first-order chi connectivity index (χ1) is 11.2. The Kier molecular flexibility index (Phi) is 5.99. The number of fused-ring (bicyclic) bond motifs is 6. The molecule has 0 N–H and O–H groups in total. The summed E-state index contributed by atoms with van der Waals surface area (Å²) in [6.07, 6.45) is 24.0. The van der Waals surface area contributed by atoms with Crippen molar-refractivity contribution in [2.45, 2.75) is 96.9 Å². The molecule has 0 saturated heterocycles. The zero-order valence-electron chi connectivity index (χ0n) is 15.5. The lowest BCUT2D eigenvalue weighted by molar-refractivity contribution is 0.0542. The smallest absolute Gasteiger partial charge is 0.0501 e. The van der Waals surface area contributed by atoms with E-state index >= 15 is 0 Å². The van der Waals surface area contributed by atoms with E-state index in [-0.39, 0.29) is 0 Å². The lowest BCUT2D eigenvalue weighted by Gasteiger charge is -2.46. The first kappa shape index (κ1) is 17.2. The molecule has 1 heteroatoms. The van der Waals surface area contributed by atoms with E-state index in [1.807, 2.05) is 0 Å². The van der Waals surface area contributed by atoms with Gasteiger partial charge in [0, 0.05) is 0 Å². The monoisotopic (exact) mass is 315 g/mol. The Morgan fingerprint density at radius 3 is 2.65 bits per heavy atom. The van der Waals surface area contributed by atoms with Crippen LogP contribution in [0.3, 0.4) is 0 Å². The van der Waals surface area contributed by atoms with Crippen LogP contribution < -0.4 is 0 Å². The van der Waals surface area contributed by atoms with Gasteiger partial charge in [0.15, 0.2) is 0 Å². The van der Waals surface area contributed by atoms with E-state index in [9.17, 15) is 0 Å². The van der Waals surface area contributed by atoms with Crippen LogP contribution in [0.5, 0.6) is 0 Å². The van der Waals surface area contributed by atoms with Crippen molar-refractivity contribution >= 4 is 6.21 Å². The summed E-state index contributed by atoms with van der Waals surface area (Å²) in [5.74, 6) is 2.64. The number of rotatable bonds is 2. The molecule has 4 aliphatic rings. The summed E-state index contributed by atoms with van der Waals surface area (Å²) in [6.45, 7) is 4.78. The third kappa shape index (κ3) is 4.09. The maximum absolute atomic E-state index is 4.92. The van der Waals surface area contributed by atoms with Gasteiger partial charge >= 0.3 is 0 Å². The fourth-order valence-corrected chi connectivity index (χ4v) is 5.62. The molecule has 1 spiro atoms. The van der Waals surface area contributed by atoms with Gasteiger partial charge in [0.05, 0.1) is 6.04 Å². The van der Waals surface area contributed by atoms with Crippen LogP contribution in [0.15, 0.2) is 17.1 Å². The molecule has 0 amide bonds. The molecule has 2 saturated carbocycles. The van der Waals surface area contributed by atoms with Crippen LogP contribution in [-0.2, 0) is 0 Å². The Balaban J connectivity index is 1.83. The quantitative estimate of drug-likeness (QED) is 0.403. The highest BCUT2D eigenvalue weighted by Crippen LogP contribution is 2.54. The molecular formula is C22H37N. The van der Waals surface area contributed by atoms with Crippen LogP contribution in [0.2, 0.25) is 0 Å². The summed E-state index contributed by atoms with van der Waals surface area (Å²) in [5, 5.41) is 0. The first-order valence-electron chi connectivity index (χ1n) is 10.4. The van der Waals surface area contributed by atoms with Gasteiger partial charge < -0.3 is 0 Å². The molecule has 4 rings (SSSR count). The van der Waals surface area contributed by atoms with Crippen molar-refractivity contribution in [1.82, 2.24) is 0 Å². The Bertz CT molecular complexity index is 414. The zero-order chi connectivity index (χ0) is 16.1. The molecule has 3 unspecified atom stereocenters. The van der Waals surface area contributed by atoms with Gasteiger partial charge in [-0.15, -0.1) is 0 Å². The van der Waals surface area contributed by atoms with Crippen molar-refractivity contribution in [3.05, 3.63) is 12.2 Å². The fraction of sp³-hybridized carbons (Fsp3) is 0.864. The average Bonchev–Trinajstić information content (AvgIpc) is 2.70. The van der Waals surface area contributed by atoms with Crippen molar-refractivity contribution in [3.8, 4) is 0 Å². The largest absolute Gasteiger partial charge is 0.294 e. The lowest BCUT2D eigenvalue weighted by Crippen LogP contribution is -2.36. The van der Waals surface area contributed by atoms with Gasteiger partial charge in [0.25, 0.3) is 0 Å². The Morgan fingerprint density at radius 1 is 1.09 bits per heavy atom. The summed E-state index contributed by atoms with van der Waals surface area (Å²) in [6, 6.07) is 0.578. The van der Waals surface area contributed by atoms with Crippen molar-refractivity contribution in [2.75, 3.05) is 0 Å². The molecule has 23 heavy (non-hydrogen) atoms. The minimum atomic E-state index is 0.578. The molecule has 0 aromatic carbocycles. The highest BCUT2D eigenvalue weighted by molar-refractivity contribution is 5.56. The second kappa shape index (κ2) is 7.99. The topological polar surface area (TPSA) is 12.4 Å². The molecule has 130 valence electrons. The van der Waals surface area contributed by atoms with Crippen molar-refractivity contribution in [2.24, 2.45) is 28.2 Å². The number of nitrogens with zero attached hydrogens (tertiary/aromatic N) is 1. The van der Waals surface area contributed by atoms with Crippen molar-refractivity contribution in [1.29, 1.82) is 0 Å². The van der Waals surface area contributed by atoms with Crippen molar-refractivity contribution < 1.29 is 0 Å². The van der Waals surface area contributed by atoms with E-state index in [0.29, 0.717) is 11.5 Å². The predicted octanol–water partition coefficient (Wildman–Crippen LogP) is 6.58. The Hall–Kier alpha value is -0.590. The highest BCUT2D eigenvalue weighted by atomic mass is 14.8. The van der Waals surface area contributed by atoms with E-state index in [2.05, 4.69) is 32.2 Å². The Morgan fingerprint density at radius 2 is 1.87 bits per heavy atom. The molecule has 2 fully saturated rings. The summed E-state index contributed by atoms with van der Waals surface area (Å²) in [4.78, 5) is 4.92. The summed E-state index contributed by atoms with van der Waals surface area (Å²) in [7, 11) is 0. The van der Waals surface area contributed by atoms with E-state index in [1.54, 1.807) is 0 Å². The third-order valence-corrected chi connectivity index (χ3v) is 7.34. The van der Waals surface area contributed by atoms with Gasteiger partial charge in [-0.05, 0) is 93.6 Å². The summed E-state index contributed by atoms with van der Waals surface area (Å²) >= 11 is 0. The maximum Gasteiger partial charge on any atom is 0.0501 e. The van der Waals surface area contributed by atoms with Crippen LogP contribution in [0.1, 0.15) is 90.9 Å². The number of aliphatic imine (C=N–C) groups is 1. The van der Waals surface area contributed by atoms with Crippen LogP contribution >= 0.6 is 0 Å². The van der Waals surface area contributed by atoms with Gasteiger partial charge in [-0.25, -0.2) is 0 Å². The lowest BCUT2D eigenvalue weighted by atomic mass is 9.59. The van der Waals surface area contributed by atoms with Crippen LogP contribution in [0.25, 0.3) is 0 Å². The second-order valence-electron chi connectivity index (χ2n) is 8.64. The average molecular weight is 316 g/mol. The molecule has 3 atom stereocenters. The summed E-state index contributed by atoms with van der Waals surface area (Å²) in [5.41, 5.74) is 0.626. The van der Waals surface area contributed by atoms with E-state index in [1.165, 1.54) is 70.6 Å². The Labute approximate surface area is 144 Å². The third-order valence-electron chi connectivity index (χ3n) is 7.34. The predicted molar refractivity (Wildman–Crippen MR) is 101 cm³/mol. The molecular weight excluding hydrogens is 278 g/mol. The van der Waals surface area contributed by atoms with E-state index in [4.69, 9.17) is 4.99 Å². The van der Waals surface area contributed by atoms with Crippen LogP contribution in [0.4, 0.5) is 0 Å². The number of allylic oxidation sites excluding steroid dienone is 2. The molecule has 0 aromatic rings. The normalized spacial score (nSPS) is 43.6. The standard InChI is InChI=1S/C22H37N/c1-3-16-23-21-12-15-22-13-10-19(11-14-22)8-6-4-5-7-9-20(17-21)18(22)2/h7,9,16,18-21H,3-6,8,10-15,17H2,1-2H3/b9-7-,23-16+. The molecule has 0 aliphatic heterocycles. The zero-order valence-corrected chi connectivity index (χ0v) is 15.5. The van der Waals surface area contributed by atoms with Gasteiger partial charge in [-0.3, -0.25) is 4.99 Å². The van der Waals surface area contributed by atoms with E-state index < -0.39 is 0 Å². The van der Waals surface area contributed by atoms with Gasteiger partial charge in [0.2, 0.25) is 0 Å². The van der Waals surface area contributed by atoms with E-state index in [0.717, 1.165) is 24.2 Å². The second-order valence-corrected chi connectivity index (χ2v) is 8.64. The summed E-state index contributed by atoms with van der Waals surface area (Å²) < 4.78 is 0. The van der Waals surface area contributed by atoms with Crippen molar-refractivity contribution in [3.63, 3.8) is 0 Å². The van der Waals surface area contributed by atoms with Crippen LogP contribution in [-0.4, -0.2) is 12.3 Å². The SMILES string of the molecule is CC/C=N/C1CCC23CCC(CCCC/C=C\C(C1)C2C)CC3. The molecule has 1 nitrogen and oxygen atoms in total. The van der Waals surface area contributed by atoms with Gasteiger partial charge in [-0.1, -0.05) is 38.8 Å². The molecule has 4 aliphatic carbocycles.